The molecule has 1 aromatic carbocycles. The summed E-state index contributed by atoms with van der Waals surface area (Å²) in [6.07, 6.45) is 1.02. The molecule has 4 nitrogen and oxygen atoms in total. The number of carboxylic acid groups (broad SMARTS) is 1. The molecule has 0 heterocycles. The third kappa shape index (κ3) is 9.59. The van der Waals surface area contributed by atoms with Gasteiger partial charge in [0.05, 0.1) is 13.2 Å². The van der Waals surface area contributed by atoms with E-state index < -0.39 is 5.97 Å². The lowest BCUT2D eigenvalue weighted by Crippen LogP contribution is -1.99. The number of rotatable bonds is 5. The van der Waals surface area contributed by atoms with E-state index in [0.717, 1.165) is 6.16 Å². The van der Waals surface area contributed by atoms with Gasteiger partial charge in [-0.25, -0.2) is 0 Å². The topological polar surface area (TPSA) is 77.8 Å². The molecule has 5 heteroatoms. The van der Waals surface area contributed by atoms with Crippen LogP contribution in [-0.2, 0) is 4.79 Å². The number of carboxylic acids is 1. The highest BCUT2D eigenvalue weighted by Gasteiger charge is 1.96. The Morgan fingerprint density at radius 3 is 2.12 bits per heavy atom. The molecule has 0 saturated carbocycles. The van der Waals surface area contributed by atoms with E-state index in [1.54, 1.807) is 0 Å². The van der Waals surface area contributed by atoms with Crippen molar-refractivity contribution in [3.63, 3.8) is 0 Å². The average molecular weight is 244 g/mol. The van der Waals surface area contributed by atoms with E-state index in [2.05, 4.69) is 0 Å². The van der Waals surface area contributed by atoms with Gasteiger partial charge in [-0.1, -0.05) is 38.9 Å². The molecule has 0 aliphatic heterocycles. The number of aliphatic hydroxyl groups excluding tert-OH is 2. The standard InChI is InChI=1S/C9H11O2P.C2H6O2/c10-9(11)6-7-12-8-4-2-1-3-5-8;3-1-2-4/h1-5,12H,6-7H2,(H,10,11);3-4H,1-2H2. The summed E-state index contributed by atoms with van der Waals surface area (Å²) in [5.74, 6) is -0.710. The number of aliphatic carboxylic acids is 1. The summed E-state index contributed by atoms with van der Waals surface area (Å²) in [4.78, 5) is 10.2. The Labute approximate surface area is 96.7 Å². The van der Waals surface area contributed by atoms with Crippen molar-refractivity contribution in [3.8, 4) is 0 Å². The second-order valence-corrected chi connectivity index (χ2v) is 4.31. The summed E-state index contributed by atoms with van der Waals surface area (Å²) in [5, 5.41) is 24.9. The fraction of sp³-hybridized carbons (Fsp3) is 0.364. The van der Waals surface area contributed by atoms with Gasteiger partial charge in [-0.15, -0.1) is 0 Å². The van der Waals surface area contributed by atoms with Gasteiger partial charge in [0, 0.05) is 6.42 Å². The van der Waals surface area contributed by atoms with Crippen LogP contribution in [-0.4, -0.2) is 40.7 Å². The van der Waals surface area contributed by atoms with Crippen LogP contribution in [0.3, 0.4) is 0 Å². The fourth-order valence-corrected chi connectivity index (χ4v) is 1.93. The van der Waals surface area contributed by atoms with Gasteiger partial charge < -0.3 is 15.3 Å². The Hall–Kier alpha value is -0.960. The molecule has 3 N–H and O–H groups in total. The third-order valence-corrected chi connectivity index (χ3v) is 2.78. The molecule has 0 fully saturated rings. The fourth-order valence-electron chi connectivity index (χ4n) is 0.870. The van der Waals surface area contributed by atoms with Crippen molar-refractivity contribution in [3.05, 3.63) is 30.3 Å². The van der Waals surface area contributed by atoms with Crippen molar-refractivity contribution < 1.29 is 20.1 Å². The van der Waals surface area contributed by atoms with Gasteiger partial charge in [-0.3, -0.25) is 4.79 Å². The minimum atomic E-state index is -0.710. The lowest BCUT2D eigenvalue weighted by Gasteiger charge is -1.97. The zero-order valence-corrected chi connectivity index (χ0v) is 9.97. The van der Waals surface area contributed by atoms with Gasteiger partial charge in [-0.05, 0) is 11.5 Å². The van der Waals surface area contributed by atoms with Crippen LogP contribution in [0.25, 0.3) is 0 Å². The maximum absolute atomic E-state index is 10.2. The minimum absolute atomic E-state index is 0.125. The van der Waals surface area contributed by atoms with Crippen molar-refractivity contribution in [1.29, 1.82) is 0 Å². The van der Waals surface area contributed by atoms with E-state index in [4.69, 9.17) is 15.3 Å². The second-order valence-electron chi connectivity index (χ2n) is 2.88. The van der Waals surface area contributed by atoms with Crippen molar-refractivity contribution in [2.75, 3.05) is 19.4 Å². The number of benzene rings is 1. The van der Waals surface area contributed by atoms with Gasteiger partial charge >= 0.3 is 5.97 Å². The molecule has 0 radical (unpaired) electrons. The molecule has 0 aliphatic rings. The molecule has 0 bridgehead atoms. The first kappa shape index (κ1) is 15.0. The lowest BCUT2D eigenvalue weighted by atomic mass is 10.4. The molecular weight excluding hydrogens is 227 g/mol. The molecule has 0 amide bonds. The zero-order chi connectivity index (χ0) is 12.2. The van der Waals surface area contributed by atoms with Crippen LogP contribution in [0.15, 0.2) is 30.3 Å². The predicted molar refractivity (Wildman–Crippen MR) is 65.7 cm³/mol. The molecule has 0 saturated heterocycles. The molecule has 1 rings (SSSR count). The summed E-state index contributed by atoms with van der Waals surface area (Å²) in [6.45, 7) is -0.250. The van der Waals surface area contributed by atoms with E-state index in [1.807, 2.05) is 30.3 Å². The number of aliphatic hydroxyl groups is 2. The summed E-state index contributed by atoms with van der Waals surface area (Å²) < 4.78 is 0. The predicted octanol–water partition coefficient (Wildman–Crippen LogP) is 0.436. The summed E-state index contributed by atoms with van der Waals surface area (Å²) in [6, 6.07) is 9.97. The lowest BCUT2D eigenvalue weighted by molar-refractivity contribution is -0.136. The Morgan fingerprint density at radius 1 is 1.12 bits per heavy atom. The highest BCUT2D eigenvalue weighted by molar-refractivity contribution is 7.47. The molecule has 1 atom stereocenters. The Kier molecular flexibility index (Phi) is 9.92. The summed E-state index contributed by atoms with van der Waals surface area (Å²) in [5.41, 5.74) is 0. The largest absolute Gasteiger partial charge is 0.481 e. The molecule has 0 aliphatic carbocycles. The van der Waals surface area contributed by atoms with Gasteiger partial charge in [-0.2, -0.15) is 0 Å². The highest BCUT2D eigenvalue weighted by Crippen LogP contribution is 2.10. The van der Waals surface area contributed by atoms with E-state index >= 15 is 0 Å². The first-order chi connectivity index (χ1) is 7.70. The number of hydrogen-bond acceptors (Lipinski definition) is 3. The van der Waals surface area contributed by atoms with Crippen LogP contribution in [0.4, 0.5) is 0 Å². The normalized spacial score (nSPS) is 9.88. The SMILES string of the molecule is O=C(O)CCPc1ccccc1.OCCO. The van der Waals surface area contributed by atoms with Gasteiger partial charge in [0.15, 0.2) is 0 Å². The quantitative estimate of drug-likeness (QED) is 0.657. The average Bonchev–Trinajstić information content (AvgIpc) is 2.30. The van der Waals surface area contributed by atoms with Crippen LogP contribution in [0.5, 0.6) is 0 Å². The van der Waals surface area contributed by atoms with Gasteiger partial charge in [0.25, 0.3) is 0 Å². The monoisotopic (exact) mass is 244 g/mol. The number of hydrogen-bond donors (Lipinski definition) is 3. The molecule has 1 unspecified atom stereocenters. The molecular formula is C11H17O4P. The summed E-state index contributed by atoms with van der Waals surface area (Å²) in [7, 11) is 0.616. The highest BCUT2D eigenvalue weighted by atomic mass is 31.1. The molecule has 0 spiro atoms. The maximum atomic E-state index is 10.2. The van der Waals surface area contributed by atoms with E-state index in [9.17, 15) is 4.79 Å². The van der Waals surface area contributed by atoms with Gasteiger partial charge in [0.1, 0.15) is 0 Å². The smallest absolute Gasteiger partial charge is 0.303 e. The molecule has 90 valence electrons. The van der Waals surface area contributed by atoms with Crippen LogP contribution >= 0.6 is 8.58 Å². The molecule has 1 aromatic rings. The first-order valence-corrected chi connectivity index (χ1v) is 6.14. The first-order valence-electron chi connectivity index (χ1n) is 4.93. The van der Waals surface area contributed by atoms with E-state index in [1.165, 1.54) is 5.30 Å². The Balaban J connectivity index is 0.000000487. The Morgan fingerprint density at radius 2 is 1.69 bits per heavy atom. The zero-order valence-electron chi connectivity index (χ0n) is 8.97. The van der Waals surface area contributed by atoms with Crippen LogP contribution < -0.4 is 5.30 Å². The van der Waals surface area contributed by atoms with Crippen molar-refractivity contribution in [2.45, 2.75) is 6.42 Å². The van der Waals surface area contributed by atoms with Crippen molar-refractivity contribution in [2.24, 2.45) is 0 Å². The van der Waals surface area contributed by atoms with Crippen LogP contribution in [0.2, 0.25) is 0 Å². The second kappa shape index (κ2) is 10.6. The van der Waals surface area contributed by atoms with Crippen molar-refractivity contribution >= 4 is 19.9 Å². The molecule has 0 aromatic heterocycles. The van der Waals surface area contributed by atoms with E-state index in [0.29, 0.717) is 8.58 Å². The van der Waals surface area contributed by atoms with E-state index in [-0.39, 0.29) is 19.6 Å². The van der Waals surface area contributed by atoms with Crippen LogP contribution in [0.1, 0.15) is 6.42 Å². The molecule has 16 heavy (non-hydrogen) atoms. The number of carbonyl (C=O) groups is 1. The maximum Gasteiger partial charge on any atom is 0.303 e. The summed E-state index contributed by atoms with van der Waals surface area (Å²) >= 11 is 0. The van der Waals surface area contributed by atoms with Gasteiger partial charge in [0.2, 0.25) is 0 Å². The van der Waals surface area contributed by atoms with Crippen molar-refractivity contribution in [1.82, 2.24) is 0 Å². The minimum Gasteiger partial charge on any atom is -0.481 e. The third-order valence-electron chi connectivity index (χ3n) is 1.54. The van der Waals surface area contributed by atoms with Crippen LogP contribution in [0, 0.1) is 0 Å². The Bertz CT molecular complexity index is 275.